The Morgan fingerprint density at radius 1 is 0.309 bits per heavy atom. The van der Waals surface area contributed by atoms with Crippen molar-refractivity contribution in [2.75, 3.05) is 9.80 Å². The van der Waals surface area contributed by atoms with Crippen LogP contribution in [-0.2, 0) is 0 Å². The predicted octanol–water partition coefficient (Wildman–Crippen LogP) is 15.5. The van der Waals surface area contributed by atoms with Gasteiger partial charge in [-0.2, -0.15) is 0 Å². The van der Waals surface area contributed by atoms with E-state index in [1.54, 1.807) is 0 Å². The monoisotopic (exact) mass is 720 g/mol. The highest BCUT2D eigenvalue weighted by Gasteiger charge is 2.28. The Morgan fingerprint density at radius 2 is 0.818 bits per heavy atom. The lowest BCUT2D eigenvalue weighted by Crippen LogP contribution is -2.17. The number of fused-ring (bicyclic) bond motifs is 5. The first-order valence-corrected chi connectivity index (χ1v) is 19.5. The average molecular weight is 721 g/mol. The van der Waals surface area contributed by atoms with Crippen LogP contribution >= 0.6 is 11.3 Å². The van der Waals surface area contributed by atoms with Gasteiger partial charge in [-0.05, 0) is 88.1 Å². The minimum Gasteiger partial charge on any atom is -0.308 e. The molecule has 10 rings (SSSR count). The first kappa shape index (κ1) is 32.7. The second-order valence-electron chi connectivity index (χ2n) is 13.7. The molecule has 0 radical (unpaired) electrons. The predicted molar refractivity (Wildman–Crippen MR) is 237 cm³/mol. The highest BCUT2D eigenvalue weighted by atomic mass is 32.1. The molecule has 0 fully saturated rings. The molecule has 0 unspecified atom stereocenters. The SMILES string of the molecule is c1ccc(-c2ccc(N(c3ccccc3)c3ccc4sc5ccc6ccccc6c5c4c3N(c3ccccc3)c3ccccc3-c3ccccc3)cc2)cc1. The third kappa shape index (κ3) is 5.92. The van der Waals surface area contributed by atoms with Gasteiger partial charge in [-0.15, -0.1) is 11.3 Å². The number of hydrogen-bond acceptors (Lipinski definition) is 3. The van der Waals surface area contributed by atoms with Crippen LogP contribution in [0.4, 0.5) is 34.1 Å². The molecule has 3 heteroatoms. The molecule has 0 aliphatic carbocycles. The van der Waals surface area contributed by atoms with Gasteiger partial charge in [0.05, 0.1) is 17.1 Å². The van der Waals surface area contributed by atoms with Gasteiger partial charge in [-0.3, -0.25) is 0 Å². The van der Waals surface area contributed by atoms with E-state index in [1.807, 2.05) is 11.3 Å². The normalized spacial score (nSPS) is 11.3. The van der Waals surface area contributed by atoms with Crippen molar-refractivity contribution in [1.29, 1.82) is 0 Å². The van der Waals surface area contributed by atoms with Gasteiger partial charge in [0.25, 0.3) is 0 Å². The maximum absolute atomic E-state index is 2.50. The Balaban J connectivity index is 1.34. The molecular formula is C52H36N2S. The zero-order valence-electron chi connectivity index (χ0n) is 30.1. The van der Waals surface area contributed by atoms with Gasteiger partial charge in [-0.1, -0.05) is 158 Å². The molecule has 55 heavy (non-hydrogen) atoms. The fraction of sp³-hybridized carbons (Fsp3) is 0. The van der Waals surface area contributed by atoms with Gasteiger partial charge in [-0.25, -0.2) is 0 Å². The first-order chi connectivity index (χ1) is 27.3. The van der Waals surface area contributed by atoms with Crippen LogP contribution < -0.4 is 9.80 Å². The maximum Gasteiger partial charge on any atom is 0.0796 e. The number of benzene rings is 9. The largest absolute Gasteiger partial charge is 0.308 e. The summed E-state index contributed by atoms with van der Waals surface area (Å²) < 4.78 is 2.52. The second kappa shape index (κ2) is 14.1. The lowest BCUT2D eigenvalue weighted by atomic mass is 9.98. The highest BCUT2D eigenvalue weighted by molar-refractivity contribution is 7.26. The van der Waals surface area contributed by atoms with Crippen LogP contribution in [0.25, 0.3) is 53.2 Å². The van der Waals surface area contributed by atoms with Crippen molar-refractivity contribution in [1.82, 2.24) is 0 Å². The first-order valence-electron chi connectivity index (χ1n) is 18.7. The van der Waals surface area contributed by atoms with E-state index in [-0.39, 0.29) is 0 Å². The Labute approximate surface area is 325 Å². The van der Waals surface area contributed by atoms with Gasteiger partial charge >= 0.3 is 0 Å². The van der Waals surface area contributed by atoms with Crippen molar-refractivity contribution in [3.05, 3.63) is 218 Å². The summed E-state index contributed by atoms with van der Waals surface area (Å²) in [5.41, 5.74) is 11.3. The molecule has 2 nitrogen and oxygen atoms in total. The van der Waals surface area contributed by atoms with Crippen molar-refractivity contribution in [2.24, 2.45) is 0 Å². The molecule has 0 aliphatic heterocycles. The van der Waals surface area contributed by atoms with E-state index in [9.17, 15) is 0 Å². The molecule has 0 N–H and O–H groups in total. The van der Waals surface area contributed by atoms with Gasteiger partial charge in [0.2, 0.25) is 0 Å². The van der Waals surface area contributed by atoms with Gasteiger partial charge in [0.1, 0.15) is 0 Å². The Bertz CT molecular complexity index is 2900. The summed E-state index contributed by atoms with van der Waals surface area (Å²) in [7, 11) is 0. The molecule has 10 aromatic rings. The fourth-order valence-corrected chi connectivity index (χ4v) is 9.07. The summed E-state index contributed by atoms with van der Waals surface area (Å²) in [5.74, 6) is 0. The fourth-order valence-electron chi connectivity index (χ4n) is 7.94. The van der Waals surface area contributed by atoms with Crippen LogP contribution in [0.15, 0.2) is 218 Å². The maximum atomic E-state index is 2.50. The van der Waals surface area contributed by atoms with Crippen LogP contribution in [0, 0.1) is 0 Å². The highest BCUT2D eigenvalue weighted by Crippen LogP contribution is 2.54. The third-order valence-corrected chi connectivity index (χ3v) is 11.6. The summed E-state index contributed by atoms with van der Waals surface area (Å²) in [6.07, 6.45) is 0. The van der Waals surface area contributed by atoms with Crippen LogP contribution in [0.3, 0.4) is 0 Å². The Kier molecular flexibility index (Phi) is 8.40. The van der Waals surface area contributed by atoms with Crippen molar-refractivity contribution in [3.63, 3.8) is 0 Å². The number of thiophene rings is 1. The smallest absolute Gasteiger partial charge is 0.0796 e. The molecule has 0 bridgehead atoms. The molecule has 0 amide bonds. The molecule has 1 heterocycles. The minimum atomic E-state index is 1.08. The zero-order valence-corrected chi connectivity index (χ0v) is 30.9. The van der Waals surface area contributed by atoms with E-state index >= 15 is 0 Å². The van der Waals surface area contributed by atoms with Crippen molar-refractivity contribution in [2.45, 2.75) is 0 Å². The molecule has 9 aromatic carbocycles. The van der Waals surface area contributed by atoms with E-state index in [0.717, 1.165) is 39.7 Å². The number of hydrogen-bond donors (Lipinski definition) is 0. The number of nitrogens with zero attached hydrogens (tertiary/aromatic N) is 2. The standard InChI is InChI=1S/C52H36N2S/c1-5-17-37(18-6-1)38-29-32-43(33-30-38)53(41-22-9-3-10-23-41)47-34-36-49-51(50-45-27-14-13-21-40(45)31-35-48(50)55-49)52(47)54(42-24-11-4-12-25-42)46-28-16-15-26-44(46)39-19-7-2-8-20-39/h1-36H. The molecule has 260 valence electrons. The van der Waals surface area contributed by atoms with Crippen molar-refractivity contribution in [3.8, 4) is 22.3 Å². The minimum absolute atomic E-state index is 1.08. The lowest BCUT2D eigenvalue weighted by molar-refractivity contribution is 1.24. The van der Waals surface area contributed by atoms with E-state index < -0.39 is 0 Å². The Hall–Kier alpha value is -6.94. The Morgan fingerprint density at radius 3 is 1.53 bits per heavy atom. The molecule has 0 aliphatic rings. The molecule has 0 saturated carbocycles. The van der Waals surface area contributed by atoms with Crippen LogP contribution in [-0.4, -0.2) is 0 Å². The summed E-state index contributed by atoms with van der Waals surface area (Å²) in [5, 5.41) is 5.01. The van der Waals surface area contributed by atoms with Gasteiger partial charge in [0.15, 0.2) is 0 Å². The van der Waals surface area contributed by atoms with E-state index in [0.29, 0.717) is 0 Å². The second-order valence-corrected chi connectivity index (χ2v) is 14.8. The van der Waals surface area contributed by atoms with Crippen LogP contribution in [0.1, 0.15) is 0 Å². The number of para-hydroxylation sites is 3. The molecule has 0 atom stereocenters. The van der Waals surface area contributed by atoms with Crippen molar-refractivity contribution >= 4 is 76.4 Å². The molecule has 1 aromatic heterocycles. The average Bonchev–Trinajstić information content (AvgIpc) is 3.66. The number of anilines is 6. The number of rotatable bonds is 8. The summed E-state index contributed by atoms with van der Waals surface area (Å²) >= 11 is 1.87. The zero-order chi connectivity index (χ0) is 36.6. The quantitative estimate of drug-likeness (QED) is 0.154. The van der Waals surface area contributed by atoms with E-state index in [1.165, 1.54) is 47.6 Å². The van der Waals surface area contributed by atoms with E-state index in [2.05, 4.69) is 228 Å². The lowest BCUT2D eigenvalue weighted by Gasteiger charge is -2.35. The van der Waals surface area contributed by atoms with Crippen molar-refractivity contribution < 1.29 is 0 Å². The molecule has 0 spiro atoms. The van der Waals surface area contributed by atoms with Gasteiger partial charge in [0, 0.05) is 42.8 Å². The van der Waals surface area contributed by atoms with Crippen LogP contribution in [0.5, 0.6) is 0 Å². The summed E-state index contributed by atoms with van der Waals surface area (Å²) in [4.78, 5) is 4.93. The molecular weight excluding hydrogens is 685 g/mol. The van der Waals surface area contributed by atoms with E-state index in [4.69, 9.17) is 0 Å². The molecule has 0 saturated heterocycles. The van der Waals surface area contributed by atoms with Gasteiger partial charge < -0.3 is 9.80 Å². The topological polar surface area (TPSA) is 6.48 Å². The van der Waals surface area contributed by atoms with Crippen LogP contribution in [0.2, 0.25) is 0 Å². The summed E-state index contributed by atoms with van der Waals surface area (Å²) in [6, 6.07) is 78.9. The third-order valence-electron chi connectivity index (χ3n) is 10.4. The summed E-state index contributed by atoms with van der Waals surface area (Å²) in [6.45, 7) is 0.